The number of carbonyl (C=O) groups is 1. The number of hydrogen-bond donors (Lipinski definition) is 1. The molecular formula is C24H25F3N6O3. The molecule has 3 heterocycles. The van der Waals surface area contributed by atoms with Crippen LogP contribution in [0.15, 0.2) is 42.9 Å². The Bertz CT molecular complexity index is 1220. The second-order valence-corrected chi connectivity index (χ2v) is 8.81. The highest BCUT2D eigenvalue weighted by Crippen LogP contribution is 2.42. The van der Waals surface area contributed by atoms with E-state index in [2.05, 4.69) is 30.0 Å². The van der Waals surface area contributed by atoms with Gasteiger partial charge in [-0.05, 0) is 61.6 Å². The number of halogens is 3. The topological polar surface area (TPSA) is 94.4 Å². The third-order valence-electron chi connectivity index (χ3n) is 6.11. The molecule has 1 N–H and O–H groups in total. The molecule has 1 amide bonds. The average Bonchev–Trinajstić information content (AvgIpc) is 3.59. The third kappa shape index (κ3) is 5.59. The van der Waals surface area contributed by atoms with E-state index in [4.69, 9.17) is 4.74 Å². The summed E-state index contributed by atoms with van der Waals surface area (Å²) in [6.07, 6.45) is 0.00412. The Hall–Kier alpha value is -3.67. The van der Waals surface area contributed by atoms with Crippen molar-refractivity contribution in [1.29, 1.82) is 0 Å². The van der Waals surface area contributed by atoms with E-state index in [0.717, 1.165) is 37.7 Å². The fourth-order valence-electron chi connectivity index (χ4n) is 4.18. The van der Waals surface area contributed by atoms with Crippen molar-refractivity contribution in [2.24, 2.45) is 0 Å². The lowest BCUT2D eigenvalue weighted by Gasteiger charge is -2.28. The van der Waals surface area contributed by atoms with Crippen LogP contribution in [0.4, 0.5) is 18.9 Å². The van der Waals surface area contributed by atoms with Crippen LogP contribution in [0.3, 0.4) is 0 Å². The van der Waals surface area contributed by atoms with Gasteiger partial charge in [-0.2, -0.15) is 9.78 Å². The number of nitrogens with one attached hydrogen (secondary N) is 1. The molecule has 1 aliphatic heterocycles. The van der Waals surface area contributed by atoms with Crippen LogP contribution in [-0.4, -0.2) is 58.3 Å². The molecule has 0 radical (unpaired) electrons. The van der Waals surface area contributed by atoms with E-state index in [1.807, 2.05) is 12.1 Å². The van der Waals surface area contributed by atoms with Crippen LogP contribution >= 0.6 is 0 Å². The summed E-state index contributed by atoms with van der Waals surface area (Å²) in [4.78, 5) is 23.9. The molecule has 9 nitrogen and oxygen atoms in total. The molecule has 36 heavy (non-hydrogen) atoms. The van der Waals surface area contributed by atoms with E-state index in [-0.39, 0.29) is 11.5 Å². The minimum atomic E-state index is -4.84. The molecule has 0 bridgehead atoms. The number of carbonyl (C=O) groups excluding carboxylic acids is 1. The van der Waals surface area contributed by atoms with Gasteiger partial charge in [-0.25, -0.2) is 9.97 Å². The average molecular weight is 502 g/mol. The number of nitrogens with zero attached hydrogens (tertiary/aromatic N) is 5. The number of anilines is 1. The summed E-state index contributed by atoms with van der Waals surface area (Å²) >= 11 is 0. The van der Waals surface area contributed by atoms with E-state index in [1.165, 1.54) is 17.1 Å². The normalized spacial score (nSPS) is 17.1. The molecule has 1 aromatic carbocycles. The van der Waals surface area contributed by atoms with Crippen molar-refractivity contribution in [3.05, 3.63) is 59.8 Å². The lowest BCUT2D eigenvalue weighted by molar-refractivity contribution is -0.274. The van der Waals surface area contributed by atoms with E-state index < -0.39 is 24.1 Å². The Kier molecular flexibility index (Phi) is 6.52. The summed E-state index contributed by atoms with van der Waals surface area (Å²) < 4.78 is 49.4. The summed E-state index contributed by atoms with van der Waals surface area (Å²) in [5.41, 5.74) is 1.71. The predicted octanol–water partition coefficient (Wildman–Crippen LogP) is 3.77. The van der Waals surface area contributed by atoms with Crippen LogP contribution in [0.2, 0.25) is 0 Å². The fraction of sp³-hybridized carbons (Fsp3) is 0.417. The first-order valence-corrected chi connectivity index (χ1v) is 11.7. The Morgan fingerprint density at radius 3 is 2.61 bits per heavy atom. The van der Waals surface area contributed by atoms with Crippen molar-refractivity contribution in [3.8, 4) is 11.6 Å². The molecule has 1 atom stereocenters. The Balaban J connectivity index is 1.32. The molecule has 1 aliphatic carbocycles. The van der Waals surface area contributed by atoms with Gasteiger partial charge < -0.3 is 19.7 Å². The quantitative estimate of drug-likeness (QED) is 0.526. The first-order chi connectivity index (χ1) is 17.3. The van der Waals surface area contributed by atoms with Crippen LogP contribution in [0, 0.1) is 0 Å². The fourth-order valence-corrected chi connectivity index (χ4v) is 4.18. The standard InChI is InChI=1S/C24H25F3N6O3/c1-15(31-23(34)18-10-17(16-2-3-16)11-20(12-18)36-24(25,26)27)22-29-14-30-33(22)21-5-4-19(13-28-21)32-6-8-35-9-7-32/h4-5,10-16H,2-3,6-9H2,1H3,(H,31,34)/t15-/m0/s1. The number of amides is 1. The van der Waals surface area contributed by atoms with Gasteiger partial charge >= 0.3 is 6.36 Å². The summed E-state index contributed by atoms with van der Waals surface area (Å²) in [7, 11) is 0. The van der Waals surface area contributed by atoms with Crippen molar-refractivity contribution in [2.75, 3.05) is 31.2 Å². The number of hydrogen-bond acceptors (Lipinski definition) is 7. The van der Waals surface area contributed by atoms with E-state index in [9.17, 15) is 18.0 Å². The Labute approximate surface area is 205 Å². The molecule has 2 aliphatic rings. The molecule has 1 saturated carbocycles. The van der Waals surface area contributed by atoms with Gasteiger partial charge in [-0.15, -0.1) is 13.2 Å². The summed E-state index contributed by atoms with van der Waals surface area (Å²) in [6.45, 7) is 4.63. The summed E-state index contributed by atoms with van der Waals surface area (Å²) in [5.74, 6) is 0.150. The molecule has 3 aromatic rings. The largest absolute Gasteiger partial charge is 0.573 e. The third-order valence-corrected chi connectivity index (χ3v) is 6.11. The second-order valence-electron chi connectivity index (χ2n) is 8.81. The van der Waals surface area contributed by atoms with Crippen molar-refractivity contribution < 1.29 is 27.4 Å². The minimum absolute atomic E-state index is 0.0876. The number of benzene rings is 1. The monoisotopic (exact) mass is 502 g/mol. The highest BCUT2D eigenvalue weighted by Gasteiger charge is 2.33. The van der Waals surface area contributed by atoms with Gasteiger partial charge in [-0.3, -0.25) is 4.79 Å². The smallest absolute Gasteiger partial charge is 0.406 e. The lowest BCUT2D eigenvalue weighted by atomic mass is 10.1. The number of aromatic nitrogens is 4. The van der Waals surface area contributed by atoms with Crippen LogP contribution in [0.1, 0.15) is 53.5 Å². The van der Waals surface area contributed by atoms with Gasteiger partial charge in [0.1, 0.15) is 12.1 Å². The lowest BCUT2D eigenvalue weighted by Crippen LogP contribution is -2.36. The molecule has 12 heteroatoms. The molecule has 5 rings (SSSR count). The van der Waals surface area contributed by atoms with Crippen molar-refractivity contribution >= 4 is 11.6 Å². The van der Waals surface area contributed by atoms with Gasteiger partial charge in [-0.1, -0.05) is 0 Å². The SMILES string of the molecule is C[C@H](NC(=O)c1cc(OC(F)(F)F)cc(C2CC2)c1)c1ncnn1-c1ccc(N2CCOCC2)cn1. The van der Waals surface area contributed by atoms with E-state index in [0.29, 0.717) is 30.4 Å². The zero-order chi connectivity index (χ0) is 25.3. The van der Waals surface area contributed by atoms with Gasteiger partial charge in [0, 0.05) is 18.7 Å². The number of alkyl halides is 3. The molecule has 2 aromatic heterocycles. The maximum absolute atomic E-state index is 13.0. The van der Waals surface area contributed by atoms with E-state index >= 15 is 0 Å². The Morgan fingerprint density at radius 1 is 1.17 bits per heavy atom. The second kappa shape index (κ2) is 9.76. The van der Waals surface area contributed by atoms with Crippen LogP contribution < -0.4 is 15.0 Å². The molecule has 0 unspecified atom stereocenters. The van der Waals surface area contributed by atoms with Crippen molar-refractivity contribution in [1.82, 2.24) is 25.1 Å². The molecule has 2 fully saturated rings. The minimum Gasteiger partial charge on any atom is -0.406 e. The zero-order valence-corrected chi connectivity index (χ0v) is 19.5. The maximum atomic E-state index is 13.0. The van der Waals surface area contributed by atoms with Crippen LogP contribution in [0.25, 0.3) is 5.82 Å². The number of rotatable bonds is 7. The van der Waals surface area contributed by atoms with Gasteiger partial charge in [0.15, 0.2) is 11.6 Å². The first-order valence-electron chi connectivity index (χ1n) is 11.7. The highest BCUT2D eigenvalue weighted by atomic mass is 19.4. The molecule has 190 valence electrons. The maximum Gasteiger partial charge on any atom is 0.573 e. The molecular weight excluding hydrogens is 477 g/mol. The van der Waals surface area contributed by atoms with Crippen LogP contribution in [0.5, 0.6) is 5.75 Å². The first kappa shape index (κ1) is 24.0. The predicted molar refractivity (Wildman–Crippen MR) is 123 cm³/mol. The summed E-state index contributed by atoms with van der Waals surface area (Å²) in [6, 6.07) is 7.20. The number of morpholine rings is 1. The molecule has 1 saturated heterocycles. The van der Waals surface area contributed by atoms with E-state index in [1.54, 1.807) is 19.2 Å². The van der Waals surface area contributed by atoms with Gasteiger partial charge in [0.25, 0.3) is 5.91 Å². The molecule has 0 spiro atoms. The summed E-state index contributed by atoms with van der Waals surface area (Å²) in [5, 5.41) is 7.04. The van der Waals surface area contributed by atoms with Crippen LogP contribution in [-0.2, 0) is 4.74 Å². The van der Waals surface area contributed by atoms with Gasteiger partial charge in [0.05, 0.1) is 31.1 Å². The number of pyridine rings is 1. The van der Waals surface area contributed by atoms with Gasteiger partial charge in [0.2, 0.25) is 0 Å². The van der Waals surface area contributed by atoms with Crippen molar-refractivity contribution in [2.45, 2.75) is 38.1 Å². The zero-order valence-electron chi connectivity index (χ0n) is 19.5. The number of ether oxygens (including phenoxy) is 2. The van der Waals surface area contributed by atoms with Crippen molar-refractivity contribution in [3.63, 3.8) is 0 Å². The highest BCUT2D eigenvalue weighted by molar-refractivity contribution is 5.95. The Morgan fingerprint density at radius 2 is 1.94 bits per heavy atom.